The van der Waals surface area contributed by atoms with Gasteiger partial charge in [0.05, 0.1) is 6.42 Å². The lowest BCUT2D eigenvalue weighted by Gasteiger charge is -2.04. The number of hydrogen-bond acceptors (Lipinski definition) is 3. The molecule has 0 saturated heterocycles. The molecule has 0 radical (unpaired) electrons. The number of halogens is 1. The van der Waals surface area contributed by atoms with Crippen molar-refractivity contribution in [1.29, 1.82) is 0 Å². The third-order valence-corrected chi connectivity index (χ3v) is 3.91. The maximum Gasteiger partial charge on any atom is 0.308 e. The van der Waals surface area contributed by atoms with E-state index in [0.29, 0.717) is 6.54 Å². The normalized spacial score (nSPS) is 10.3. The maximum atomic E-state index is 10.6. The van der Waals surface area contributed by atoms with E-state index >= 15 is 0 Å². The van der Waals surface area contributed by atoms with Gasteiger partial charge in [-0.1, -0.05) is 22.0 Å². The van der Waals surface area contributed by atoms with E-state index in [0.717, 1.165) is 19.9 Å². The van der Waals surface area contributed by atoms with Crippen LogP contribution in [0.2, 0.25) is 0 Å². The van der Waals surface area contributed by atoms with E-state index in [9.17, 15) is 4.79 Å². The summed E-state index contributed by atoms with van der Waals surface area (Å²) in [6.07, 6.45) is 0.0988. The number of carboxylic acid groups (broad SMARTS) is 1. The van der Waals surface area contributed by atoms with Crippen LogP contribution in [0.5, 0.6) is 0 Å². The van der Waals surface area contributed by atoms with Crippen molar-refractivity contribution in [2.45, 2.75) is 13.0 Å². The van der Waals surface area contributed by atoms with Gasteiger partial charge in [-0.2, -0.15) is 0 Å². The Morgan fingerprint density at radius 2 is 2.06 bits per heavy atom. The van der Waals surface area contributed by atoms with Crippen molar-refractivity contribution in [3.63, 3.8) is 0 Å². The van der Waals surface area contributed by atoms with Gasteiger partial charge in [-0.05, 0) is 30.3 Å². The zero-order valence-electron chi connectivity index (χ0n) is 9.52. The molecular weight excluding hydrogens is 314 g/mol. The van der Waals surface area contributed by atoms with Crippen LogP contribution in [-0.4, -0.2) is 11.1 Å². The molecule has 3 nitrogen and oxygen atoms in total. The molecule has 18 heavy (non-hydrogen) atoms. The molecule has 0 aliphatic rings. The number of aliphatic carboxylic acids is 1. The standard InChI is InChI=1S/C13H12BrNO2S/c14-9-2-1-3-10(6-9)15-8-12-5-4-11(18-12)7-13(16)17/h1-6,15H,7-8H2,(H,16,17). The molecule has 0 aliphatic carbocycles. The average Bonchev–Trinajstić information content (AvgIpc) is 2.73. The van der Waals surface area contributed by atoms with E-state index in [-0.39, 0.29) is 6.42 Å². The molecule has 0 spiro atoms. The van der Waals surface area contributed by atoms with E-state index in [4.69, 9.17) is 5.11 Å². The summed E-state index contributed by atoms with van der Waals surface area (Å²) in [7, 11) is 0. The van der Waals surface area contributed by atoms with E-state index in [1.165, 1.54) is 11.3 Å². The van der Waals surface area contributed by atoms with Crippen molar-refractivity contribution in [3.05, 3.63) is 50.6 Å². The summed E-state index contributed by atoms with van der Waals surface area (Å²) in [5.41, 5.74) is 1.04. The van der Waals surface area contributed by atoms with Crippen molar-refractivity contribution in [3.8, 4) is 0 Å². The van der Waals surface area contributed by atoms with Crippen LogP contribution in [0.25, 0.3) is 0 Å². The van der Waals surface area contributed by atoms with Gasteiger partial charge in [0.25, 0.3) is 0 Å². The van der Waals surface area contributed by atoms with Gasteiger partial charge in [-0.3, -0.25) is 4.79 Å². The highest BCUT2D eigenvalue weighted by Gasteiger charge is 2.04. The minimum atomic E-state index is -0.789. The lowest BCUT2D eigenvalue weighted by molar-refractivity contribution is -0.136. The predicted octanol–water partition coefficient (Wildman–Crippen LogP) is 3.75. The molecule has 5 heteroatoms. The second kappa shape index (κ2) is 6.02. The number of anilines is 1. The average molecular weight is 326 g/mol. The molecule has 0 fully saturated rings. The quantitative estimate of drug-likeness (QED) is 0.880. The zero-order valence-corrected chi connectivity index (χ0v) is 11.9. The maximum absolute atomic E-state index is 10.6. The highest BCUT2D eigenvalue weighted by atomic mass is 79.9. The van der Waals surface area contributed by atoms with E-state index in [1.807, 2.05) is 36.4 Å². The predicted molar refractivity (Wildman–Crippen MR) is 77.1 cm³/mol. The van der Waals surface area contributed by atoms with Gasteiger partial charge in [0, 0.05) is 26.5 Å². The summed E-state index contributed by atoms with van der Waals surface area (Å²) in [4.78, 5) is 12.6. The fourth-order valence-electron chi connectivity index (χ4n) is 1.55. The first-order valence-electron chi connectivity index (χ1n) is 5.42. The largest absolute Gasteiger partial charge is 0.481 e. The van der Waals surface area contributed by atoms with Crippen LogP contribution in [0.3, 0.4) is 0 Å². The number of nitrogens with one attached hydrogen (secondary N) is 1. The Hall–Kier alpha value is -1.33. The van der Waals surface area contributed by atoms with Crippen LogP contribution in [0.4, 0.5) is 5.69 Å². The van der Waals surface area contributed by atoms with Crippen LogP contribution >= 0.6 is 27.3 Å². The molecular formula is C13H12BrNO2S. The molecule has 0 atom stereocenters. The molecule has 0 amide bonds. The monoisotopic (exact) mass is 325 g/mol. The molecule has 0 saturated carbocycles. The Morgan fingerprint density at radius 1 is 1.28 bits per heavy atom. The Morgan fingerprint density at radius 3 is 2.78 bits per heavy atom. The Kier molecular flexibility index (Phi) is 4.38. The van der Waals surface area contributed by atoms with E-state index in [1.54, 1.807) is 0 Å². The second-order valence-corrected chi connectivity index (χ2v) is 5.97. The van der Waals surface area contributed by atoms with Gasteiger partial charge in [0.2, 0.25) is 0 Å². The Balaban J connectivity index is 1.94. The smallest absolute Gasteiger partial charge is 0.308 e. The summed E-state index contributed by atoms with van der Waals surface area (Å²) in [5.74, 6) is -0.789. The van der Waals surface area contributed by atoms with Crippen molar-refractivity contribution in [1.82, 2.24) is 0 Å². The fourth-order valence-corrected chi connectivity index (χ4v) is 2.90. The van der Waals surface area contributed by atoms with Crippen molar-refractivity contribution in [2.24, 2.45) is 0 Å². The fraction of sp³-hybridized carbons (Fsp3) is 0.154. The second-order valence-electron chi connectivity index (χ2n) is 3.80. The first-order valence-corrected chi connectivity index (χ1v) is 7.03. The van der Waals surface area contributed by atoms with Gasteiger partial charge in [-0.15, -0.1) is 11.3 Å². The summed E-state index contributed by atoms with van der Waals surface area (Å²) < 4.78 is 1.03. The molecule has 2 N–H and O–H groups in total. The highest BCUT2D eigenvalue weighted by Crippen LogP contribution is 2.20. The summed E-state index contributed by atoms with van der Waals surface area (Å²) in [5, 5.41) is 12.0. The number of carbonyl (C=O) groups is 1. The Bertz CT molecular complexity index is 553. The number of hydrogen-bond donors (Lipinski definition) is 2. The van der Waals surface area contributed by atoms with Crippen molar-refractivity contribution >= 4 is 38.9 Å². The molecule has 0 aliphatic heterocycles. The van der Waals surface area contributed by atoms with Crippen LogP contribution in [0.1, 0.15) is 9.75 Å². The van der Waals surface area contributed by atoms with Crippen LogP contribution in [0.15, 0.2) is 40.9 Å². The molecule has 0 unspecified atom stereocenters. The summed E-state index contributed by atoms with van der Waals surface area (Å²) in [6.45, 7) is 0.709. The molecule has 1 aromatic heterocycles. The Labute approximate surface area is 118 Å². The van der Waals surface area contributed by atoms with Gasteiger partial charge in [0.15, 0.2) is 0 Å². The topological polar surface area (TPSA) is 49.3 Å². The first-order chi connectivity index (χ1) is 8.63. The van der Waals surface area contributed by atoms with E-state index < -0.39 is 5.97 Å². The number of thiophene rings is 1. The third kappa shape index (κ3) is 3.85. The molecule has 2 aromatic rings. The molecule has 0 bridgehead atoms. The molecule has 94 valence electrons. The van der Waals surface area contributed by atoms with Gasteiger partial charge in [0.1, 0.15) is 0 Å². The third-order valence-electron chi connectivity index (χ3n) is 2.33. The van der Waals surface area contributed by atoms with E-state index in [2.05, 4.69) is 21.2 Å². The number of carboxylic acids is 1. The molecule has 2 rings (SSSR count). The number of benzene rings is 1. The first kappa shape index (κ1) is 13.1. The lowest BCUT2D eigenvalue weighted by Crippen LogP contribution is -1.98. The van der Waals surface area contributed by atoms with Crippen LogP contribution < -0.4 is 5.32 Å². The SMILES string of the molecule is O=C(O)Cc1ccc(CNc2cccc(Br)c2)s1. The van der Waals surface area contributed by atoms with Gasteiger partial charge < -0.3 is 10.4 Å². The molecule has 1 heterocycles. The number of rotatable bonds is 5. The molecule has 1 aromatic carbocycles. The minimum Gasteiger partial charge on any atom is -0.481 e. The minimum absolute atomic E-state index is 0.0988. The van der Waals surface area contributed by atoms with Crippen LogP contribution in [-0.2, 0) is 17.8 Å². The van der Waals surface area contributed by atoms with Crippen molar-refractivity contribution < 1.29 is 9.90 Å². The zero-order chi connectivity index (χ0) is 13.0. The highest BCUT2D eigenvalue weighted by molar-refractivity contribution is 9.10. The lowest BCUT2D eigenvalue weighted by atomic mass is 10.3. The summed E-state index contributed by atoms with van der Waals surface area (Å²) in [6, 6.07) is 11.8. The van der Waals surface area contributed by atoms with Gasteiger partial charge >= 0.3 is 5.97 Å². The summed E-state index contributed by atoms with van der Waals surface area (Å²) >= 11 is 4.95. The van der Waals surface area contributed by atoms with Crippen LogP contribution in [0, 0.1) is 0 Å². The van der Waals surface area contributed by atoms with Crippen molar-refractivity contribution in [2.75, 3.05) is 5.32 Å². The van der Waals surface area contributed by atoms with Gasteiger partial charge in [-0.25, -0.2) is 0 Å².